The molecule has 0 unspecified atom stereocenters. The molecule has 1 rings (SSSR count). The summed E-state index contributed by atoms with van der Waals surface area (Å²) in [6, 6.07) is -0.559. The maximum atomic E-state index is 11.9. The Morgan fingerprint density at radius 3 is 2.56 bits per heavy atom. The molecule has 1 amide bonds. The fraction of sp³-hybridized carbons (Fsp3) is 0.818. The summed E-state index contributed by atoms with van der Waals surface area (Å²) in [5.74, 6) is -0.908. The molecule has 1 fully saturated rings. The van der Waals surface area contributed by atoms with E-state index in [0.717, 1.165) is 19.1 Å². The minimum Gasteiger partial charge on any atom is -0.467 e. The number of esters is 1. The number of hydrogen-bond donors (Lipinski definition) is 0. The van der Waals surface area contributed by atoms with Crippen molar-refractivity contribution in [2.24, 2.45) is 0 Å². The number of hydrogen-bond acceptors (Lipinski definition) is 5. The summed E-state index contributed by atoms with van der Waals surface area (Å²) in [5, 5.41) is 0. The van der Waals surface area contributed by atoms with Gasteiger partial charge in [0, 0.05) is 19.2 Å². The lowest BCUT2D eigenvalue weighted by Gasteiger charge is -2.33. The fourth-order valence-electron chi connectivity index (χ4n) is 2.03. The Labute approximate surface area is 107 Å². The second-order valence-corrected chi connectivity index (χ2v) is 6.76. The summed E-state index contributed by atoms with van der Waals surface area (Å²) in [4.78, 5) is 24.9. The van der Waals surface area contributed by atoms with Gasteiger partial charge in [-0.3, -0.25) is 4.79 Å². The largest absolute Gasteiger partial charge is 0.467 e. The molecule has 0 aromatic carbocycles. The van der Waals surface area contributed by atoms with E-state index in [9.17, 15) is 18.0 Å². The molecule has 0 aliphatic carbocycles. The van der Waals surface area contributed by atoms with Crippen LogP contribution in [0.1, 0.15) is 25.7 Å². The van der Waals surface area contributed by atoms with Gasteiger partial charge in [-0.15, -0.1) is 0 Å². The smallest absolute Gasteiger partial charge is 0.328 e. The third kappa shape index (κ3) is 4.29. The zero-order valence-electron chi connectivity index (χ0n) is 10.7. The quantitative estimate of drug-likeness (QED) is 0.674. The first-order valence-electron chi connectivity index (χ1n) is 5.90. The monoisotopic (exact) mass is 277 g/mol. The van der Waals surface area contributed by atoms with Crippen LogP contribution in [0.15, 0.2) is 0 Å². The molecule has 0 spiro atoms. The molecule has 0 aromatic heterocycles. The highest BCUT2D eigenvalue weighted by Crippen LogP contribution is 2.19. The Kier molecular flexibility index (Phi) is 5.13. The SMILES string of the molecule is COC(=O)[C@H]1CCCCN1C(=O)CCS(C)(=O)=O. The van der Waals surface area contributed by atoms with Crippen LogP contribution >= 0.6 is 0 Å². The summed E-state index contributed by atoms with van der Waals surface area (Å²) in [6.45, 7) is 0.488. The van der Waals surface area contributed by atoms with Crippen LogP contribution in [0.3, 0.4) is 0 Å². The van der Waals surface area contributed by atoms with Crippen LogP contribution in [-0.2, 0) is 24.2 Å². The Morgan fingerprint density at radius 1 is 1.33 bits per heavy atom. The van der Waals surface area contributed by atoms with Crippen molar-refractivity contribution in [1.29, 1.82) is 0 Å². The third-order valence-electron chi connectivity index (χ3n) is 2.98. The summed E-state index contributed by atoms with van der Waals surface area (Å²) in [7, 11) is -1.88. The summed E-state index contributed by atoms with van der Waals surface area (Å²) in [6.07, 6.45) is 3.30. The highest BCUT2D eigenvalue weighted by molar-refractivity contribution is 7.90. The van der Waals surface area contributed by atoms with Crippen molar-refractivity contribution < 1.29 is 22.7 Å². The molecule has 104 valence electrons. The van der Waals surface area contributed by atoms with Gasteiger partial charge in [0.05, 0.1) is 12.9 Å². The normalized spacial score (nSPS) is 20.6. The van der Waals surface area contributed by atoms with Crippen LogP contribution in [0.25, 0.3) is 0 Å². The van der Waals surface area contributed by atoms with Crippen LogP contribution in [0.2, 0.25) is 0 Å². The van der Waals surface area contributed by atoms with Gasteiger partial charge < -0.3 is 9.64 Å². The molecule has 18 heavy (non-hydrogen) atoms. The number of rotatable bonds is 4. The molecule has 0 radical (unpaired) electrons. The zero-order valence-corrected chi connectivity index (χ0v) is 11.5. The van der Waals surface area contributed by atoms with Gasteiger partial charge in [0.1, 0.15) is 15.9 Å². The van der Waals surface area contributed by atoms with E-state index in [2.05, 4.69) is 4.74 Å². The molecule has 0 bridgehead atoms. The number of piperidine rings is 1. The molecule has 0 N–H and O–H groups in total. The third-order valence-corrected chi connectivity index (χ3v) is 3.93. The lowest BCUT2D eigenvalue weighted by atomic mass is 10.0. The van der Waals surface area contributed by atoms with E-state index in [0.29, 0.717) is 13.0 Å². The Hall–Kier alpha value is -1.11. The lowest BCUT2D eigenvalue weighted by molar-refractivity contribution is -0.154. The molecule has 0 aromatic rings. The number of carbonyl (C=O) groups is 2. The van der Waals surface area contributed by atoms with Gasteiger partial charge in [-0.2, -0.15) is 0 Å². The van der Waals surface area contributed by atoms with Gasteiger partial charge in [-0.1, -0.05) is 0 Å². The van der Waals surface area contributed by atoms with Crippen LogP contribution in [-0.4, -0.2) is 56.9 Å². The second-order valence-electron chi connectivity index (χ2n) is 4.50. The van der Waals surface area contributed by atoms with Crippen LogP contribution in [0.5, 0.6) is 0 Å². The number of ether oxygens (including phenoxy) is 1. The first-order valence-corrected chi connectivity index (χ1v) is 7.96. The first-order chi connectivity index (χ1) is 8.35. The summed E-state index contributed by atoms with van der Waals surface area (Å²) in [5.41, 5.74) is 0. The van der Waals surface area contributed by atoms with Crippen molar-refractivity contribution in [2.45, 2.75) is 31.7 Å². The van der Waals surface area contributed by atoms with Crippen molar-refractivity contribution in [2.75, 3.05) is 25.7 Å². The topological polar surface area (TPSA) is 80.8 Å². The minimum absolute atomic E-state index is 0.0771. The standard InChI is InChI=1S/C11H19NO5S/c1-17-11(14)9-5-3-4-7-12(9)10(13)6-8-18(2,15)16/h9H,3-8H2,1-2H3/t9-/m1/s1. The Balaban J connectivity index is 2.66. The Morgan fingerprint density at radius 2 is 2.00 bits per heavy atom. The van der Waals surface area contributed by atoms with E-state index < -0.39 is 21.8 Å². The molecule has 1 heterocycles. The molecule has 1 aliphatic rings. The average Bonchev–Trinajstić information content (AvgIpc) is 2.34. The van der Waals surface area contributed by atoms with Gasteiger partial charge in [-0.25, -0.2) is 13.2 Å². The molecule has 1 saturated heterocycles. The number of methoxy groups -OCH3 is 1. The maximum Gasteiger partial charge on any atom is 0.328 e. The van der Waals surface area contributed by atoms with Gasteiger partial charge in [0.15, 0.2) is 0 Å². The number of nitrogens with zero attached hydrogens (tertiary/aromatic N) is 1. The predicted molar refractivity (Wildman–Crippen MR) is 65.7 cm³/mol. The lowest BCUT2D eigenvalue weighted by Crippen LogP contribution is -2.48. The van der Waals surface area contributed by atoms with Crippen molar-refractivity contribution in [3.8, 4) is 0 Å². The van der Waals surface area contributed by atoms with Gasteiger partial charge in [0.25, 0.3) is 0 Å². The maximum absolute atomic E-state index is 11.9. The van der Waals surface area contributed by atoms with E-state index in [1.165, 1.54) is 12.0 Å². The predicted octanol–water partition coefficient (Wildman–Crippen LogP) is -0.0248. The number of amides is 1. The molecule has 0 saturated carbocycles. The molecule has 6 nitrogen and oxygen atoms in total. The zero-order chi connectivity index (χ0) is 13.8. The Bertz CT molecular complexity index is 417. The number of likely N-dealkylation sites (tertiary alicyclic amines) is 1. The average molecular weight is 277 g/mol. The van der Waals surface area contributed by atoms with E-state index in [-0.39, 0.29) is 18.1 Å². The van der Waals surface area contributed by atoms with Crippen LogP contribution < -0.4 is 0 Å². The van der Waals surface area contributed by atoms with Crippen molar-refractivity contribution in [3.05, 3.63) is 0 Å². The molecular weight excluding hydrogens is 258 g/mol. The molecule has 1 atom stereocenters. The van der Waals surface area contributed by atoms with Gasteiger partial charge in [-0.05, 0) is 19.3 Å². The van der Waals surface area contributed by atoms with Gasteiger partial charge >= 0.3 is 5.97 Å². The van der Waals surface area contributed by atoms with Crippen LogP contribution in [0.4, 0.5) is 0 Å². The second kappa shape index (κ2) is 6.17. The van der Waals surface area contributed by atoms with E-state index >= 15 is 0 Å². The van der Waals surface area contributed by atoms with E-state index in [4.69, 9.17) is 0 Å². The highest BCUT2D eigenvalue weighted by Gasteiger charge is 2.32. The van der Waals surface area contributed by atoms with Crippen molar-refractivity contribution >= 4 is 21.7 Å². The molecule has 1 aliphatic heterocycles. The molecule has 7 heteroatoms. The highest BCUT2D eigenvalue weighted by atomic mass is 32.2. The number of sulfone groups is 1. The van der Waals surface area contributed by atoms with E-state index in [1.807, 2.05) is 0 Å². The fourth-order valence-corrected chi connectivity index (χ4v) is 2.57. The summed E-state index contributed by atoms with van der Waals surface area (Å²) >= 11 is 0. The van der Waals surface area contributed by atoms with E-state index in [1.54, 1.807) is 0 Å². The minimum atomic E-state index is -3.16. The molecular formula is C11H19NO5S. The van der Waals surface area contributed by atoms with Crippen LogP contribution in [0, 0.1) is 0 Å². The number of carbonyl (C=O) groups excluding carboxylic acids is 2. The summed E-state index contributed by atoms with van der Waals surface area (Å²) < 4.78 is 26.7. The first kappa shape index (κ1) is 14.9. The van der Waals surface area contributed by atoms with Gasteiger partial charge in [0.2, 0.25) is 5.91 Å². The van der Waals surface area contributed by atoms with Crippen molar-refractivity contribution in [3.63, 3.8) is 0 Å². The van der Waals surface area contributed by atoms with Crippen molar-refractivity contribution in [1.82, 2.24) is 4.90 Å².